The zero-order valence-corrected chi connectivity index (χ0v) is 24.0. The summed E-state index contributed by atoms with van der Waals surface area (Å²) in [6.45, 7) is 2.27. The van der Waals surface area contributed by atoms with Crippen molar-refractivity contribution in [3.05, 3.63) is 151 Å². The highest BCUT2D eigenvalue weighted by molar-refractivity contribution is 6.00. The van der Waals surface area contributed by atoms with E-state index in [2.05, 4.69) is 145 Å². The van der Waals surface area contributed by atoms with Crippen molar-refractivity contribution in [3.8, 4) is 33.5 Å². The van der Waals surface area contributed by atoms with E-state index < -0.39 is 0 Å². The molecule has 0 fully saturated rings. The maximum atomic E-state index is 5.25. The van der Waals surface area contributed by atoms with Gasteiger partial charge in [0.2, 0.25) is 0 Å². The molecule has 1 aliphatic rings. The van der Waals surface area contributed by atoms with Gasteiger partial charge in [-0.05, 0) is 75.2 Å². The van der Waals surface area contributed by atoms with Gasteiger partial charge in [-0.2, -0.15) is 0 Å². The van der Waals surface area contributed by atoms with E-state index in [1.165, 1.54) is 33.0 Å². The summed E-state index contributed by atoms with van der Waals surface area (Å²) in [5.41, 5.74) is 11.3. The van der Waals surface area contributed by atoms with Gasteiger partial charge in [0.25, 0.3) is 0 Å². The van der Waals surface area contributed by atoms with Crippen LogP contribution in [0, 0.1) is 5.92 Å². The molecule has 0 radical (unpaired) electrons. The number of para-hydroxylation sites is 1. The second kappa shape index (κ2) is 10.5. The standard InChI is InChI=1S/C41H30N2/c1-27-7-4-11-32(23-27)34-20-21-37-38(26-39(43-40(37)25-34)35-19-14-28-8-2-3-9-33(28)24-35)30-17-15-29(16-18-30)36-13-5-10-31-12-6-22-42-41(31)36/h2-6,8-27H,7H2,1H3. The summed E-state index contributed by atoms with van der Waals surface area (Å²) in [5, 5.41) is 4.76. The highest BCUT2D eigenvalue weighted by Crippen LogP contribution is 2.37. The van der Waals surface area contributed by atoms with Crippen LogP contribution in [0.3, 0.4) is 0 Å². The molecule has 2 heteroatoms. The summed E-state index contributed by atoms with van der Waals surface area (Å²) >= 11 is 0. The quantitative estimate of drug-likeness (QED) is 0.218. The van der Waals surface area contributed by atoms with Crippen molar-refractivity contribution in [1.29, 1.82) is 0 Å². The number of pyridine rings is 2. The molecule has 2 nitrogen and oxygen atoms in total. The van der Waals surface area contributed by atoms with Crippen LogP contribution in [-0.4, -0.2) is 9.97 Å². The molecule has 7 aromatic rings. The molecule has 1 unspecified atom stereocenters. The van der Waals surface area contributed by atoms with Crippen molar-refractivity contribution in [2.45, 2.75) is 13.3 Å². The Morgan fingerprint density at radius 3 is 2.21 bits per heavy atom. The van der Waals surface area contributed by atoms with E-state index in [0.29, 0.717) is 5.92 Å². The van der Waals surface area contributed by atoms with Crippen molar-refractivity contribution in [2.24, 2.45) is 5.92 Å². The second-order valence-corrected chi connectivity index (χ2v) is 11.5. The maximum Gasteiger partial charge on any atom is 0.0780 e. The lowest BCUT2D eigenvalue weighted by Gasteiger charge is -2.15. The lowest BCUT2D eigenvalue weighted by molar-refractivity contribution is 0.740. The predicted molar refractivity (Wildman–Crippen MR) is 182 cm³/mol. The van der Waals surface area contributed by atoms with E-state index in [-0.39, 0.29) is 0 Å². The Bertz CT molecular complexity index is 2220. The molecule has 0 spiro atoms. The number of hydrogen-bond acceptors (Lipinski definition) is 2. The Labute approximate surface area is 251 Å². The molecule has 0 saturated heterocycles. The van der Waals surface area contributed by atoms with E-state index in [1.54, 1.807) is 0 Å². The molecule has 1 atom stereocenters. The van der Waals surface area contributed by atoms with Gasteiger partial charge in [-0.15, -0.1) is 0 Å². The van der Waals surface area contributed by atoms with Gasteiger partial charge >= 0.3 is 0 Å². The van der Waals surface area contributed by atoms with Crippen LogP contribution in [0.5, 0.6) is 0 Å². The molecule has 2 aromatic heterocycles. The number of nitrogens with zero attached hydrogens (tertiary/aromatic N) is 2. The molecule has 0 amide bonds. The van der Waals surface area contributed by atoms with Crippen LogP contribution in [0.1, 0.15) is 18.9 Å². The largest absolute Gasteiger partial charge is 0.256 e. The Balaban J connectivity index is 1.29. The van der Waals surface area contributed by atoms with E-state index in [4.69, 9.17) is 4.98 Å². The van der Waals surface area contributed by atoms with Crippen molar-refractivity contribution >= 4 is 38.2 Å². The first-order valence-corrected chi connectivity index (χ1v) is 15.0. The Morgan fingerprint density at radius 1 is 0.605 bits per heavy atom. The van der Waals surface area contributed by atoms with Crippen LogP contribution in [0.15, 0.2) is 146 Å². The molecule has 2 heterocycles. The summed E-state index contributed by atoms with van der Waals surface area (Å²) in [4.78, 5) is 9.93. The van der Waals surface area contributed by atoms with Crippen molar-refractivity contribution < 1.29 is 0 Å². The monoisotopic (exact) mass is 550 g/mol. The molecule has 1 aliphatic carbocycles. The fourth-order valence-corrected chi connectivity index (χ4v) is 6.34. The summed E-state index contributed by atoms with van der Waals surface area (Å²) in [7, 11) is 0. The third-order valence-corrected chi connectivity index (χ3v) is 8.60. The number of allylic oxidation sites excluding steroid dienone is 4. The fraction of sp³-hybridized carbons (Fsp3) is 0.0732. The molecule has 8 rings (SSSR count). The SMILES string of the molecule is CC1C=C(c2ccc3c(-c4ccc(-c5cccc6cccnc56)cc4)cc(-c4ccc5ccccc5c4)nc3c2)C=CC1. The maximum absolute atomic E-state index is 5.25. The zero-order valence-electron chi connectivity index (χ0n) is 24.0. The second-order valence-electron chi connectivity index (χ2n) is 11.5. The van der Waals surface area contributed by atoms with Gasteiger partial charge in [0.15, 0.2) is 0 Å². The lowest BCUT2D eigenvalue weighted by atomic mass is 9.91. The Hall–Kier alpha value is -5.34. The Kier molecular flexibility index (Phi) is 6.19. The highest BCUT2D eigenvalue weighted by Gasteiger charge is 2.14. The van der Waals surface area contributed by atoms with Crippen LogP contribution in [-0.2, 0) is 0 Å². The van der Waals surface area contributed by atoms with E-state index in [1.807, 2.05) is 12.3 Å². The van der Waals surface area contributed by atoms with Gasteiger partial charge in [0.05, 0.1) is 16.7 Å². The Morgan fingerprint density at radius 2 is 1.35 bits per heavy atom. The molecule has 0 saturated carbocycles. The third kappa shape index (κ3) is 4.71. The molecule has 0 aliphatic heterocycles. The molecular weight excluding hydrogens is 520 g/mol. The number of rotatable bonds is 4. The first-order chi connectivity index (χ1) is 21.2. The minimum absolute atomic E-state index is 0.540. The van der Waals surface area contributed by atoms with E-state index >= 15 is 0 Å². The van der Waals surface area contributed by atoms with Crippen LogP contribution < -0.4 is 0 Å². The van der Waals surface area contributed by atoms with Gasteiger partial charge < -0.3 is 0 Å². The van der Waals surface area contributed by atoms with Gasteiger partial charge in [0, 0.05) is 28.1 Å². The van der Waals surface area contributed by atoms with E-state index in [0.717, 1.165) is 50.6 Å². The van der Waals surface area contributed by atoms with Gasteiger partial charge in [-0.1, -0.05) is 122 Å². The molecule has 5 aromatic carbocycles. The minimum Gasteiger partial charge on any atom is -0.256 e. The minimum atomic E-state index is 0.540. The number of hydrogen-bond donors (Lipinski definition) is 0. The van der Waals surface area contributed by atoms with Gasteiger partial charge in [0.1, 0.15) is 0 Å². The molecular formula is C41H30N2. The van der Waals surface area contributed by atoms with Crippen LogP contribution in [0.4, 0.5) is 0 Å². The van der Waals surface area contributed by atoms with Gasteiger partial charge in [-0.25, -0.2) is 4.98 Å². The zero-order chi connectivity index (χ0) is 28.8. The van der Waals surface area contributed by atoms with Crippen LogP contribution in [0.25, 0.3) is 71.7 Å². The summed E-state index contributed by atoms with van der Waals surface area (Å²) in [6, 6.07) is 43.5. The topological polar surface area (TPSA) is 25.8 Å². The van der Waals surface area contributed by atoms with Crippen LogP contribution >= 0.6 is 0 Å². The van der Waals surface area contributed by atoms with Crippen molar-refractivity contribution in [1.82, 2.24) is 9.97 Å². The van der Waals surface area contributed by atoms with Crippen molar-refractivity contribution in [2.75, 3.05) is 0 Å². The van der Waals surface area contributed by atoms with E-state index in [9.17, 15) is 0 Å². The molecule has 204 valence electrons. The smallest absolute Gasteiger partial charge is 0.0780 e. The summed E-state index contributed by atoms with van der Waals surface area (Å²) < 4.78 is 0. The van der Waals surface area contributed by atoms with Gasteiger partial charge in [-0.3, -0.25) is 4.98 Å². The first kappa shape index (κ1) is 25.4. The molecule has 43 heavy (non-hydrogen) atoms. The van der Waals surface area contributed by atoms with Crippen molar-refractivity contribution in [3.63, 3.8) is 0 Å². The lowest BCUT2D eigenvalue weighted by Crippen LogP contribution is -1.96. The molecule has 0 N–H and O–H groups in total. The number of fused-ring (bicyclic) bond motifs is 3. The highest BCUT2D eigenvalue weighted by atomic mass is 14.7. The predicted octanol–water partition coefficient (Wildman–Crippen LogP) is 10.9. The molecule has 0 bridgehead atoms. The fourth-order valence-electron chi connectivity index (χ4n) is 6.34. The normalized spacial score (nSPS) is 14.8. The number of benzene rings is 5. The van der Waals surface area contributed by atoms with Crippen LogP contribution in [0.2, 0.25) is 0 Å². The first-order valence-electron chi connectivity index (χ1n) is 15.0. The third-order valence-electron chi connectivity index (χ3n) is 8.60. The number of aromatic nitrogens is 2. The summed E-state index contributed by atoms with van der Waals surface area (Å²) in [5.74, 6) is 0.540. The average Bonchev–Trinajstić information content (AvgIpc) is 3.07. The average molecular weight is 551 g/mol. The summed E-state index contributed by atoms with van der Waals surface area (Å²) in [6.07, 6.45) is 9.86.